The molecule has 1 aromatic heterocycles. The highest BCUT2D eigenvalue weighted by Crippen LogP contribution is 2.18. The number of benzene rings is 1. The Hall–Kier alpha value is -2.37. The van der Waals surface area contributed by atoms with Crippen LogP contribution in [0.4, 0.5) is 10.1 Å². The van der Waals surface area contributed by atoms with Gasteiger partial charge in [0.2, 0.25) is 0 Å². The Morgan fingerprint density at radius 3 is 2.85 bits per heavy atom. The quantitative estimate of drug-likeness (QED) is 0.684. The molecule has 0 aliphatic heterocycles. The third kappa shape index (κ3) is 3.14. The number of carbonyl (C=O) groups is 1. The van der Waals surface area contributed by atoms with Crippen LogP contribution in [0.1, 0.15) is 21.5 Å². The number of ether oxygens (including phenoxy) is 1. The average molecular weight is 277 g/mol. The van der Waals surface area contributed by atoms with Crippen LogP contribution in [0.2, 0.25) is 0 Å². The van der Waals surface area contributed by atoms with Gasteiger partial charge in [0.25, 0.3) is 0 Å². The fraction of sp³-hybridized carbons (Fsp3) is 0.286. The van der Waals surface area contributed by atoms with E-state index in [-0.39, 0.29) is 17.9 Å². The summed E-state index contributed by atoms with van der Waals surface area (Å²) in [5.74, 6) is -1.09. The molecule has 0 fully saturated rings. The molecular weight excluding hydrogens is 261 g/mol. The van der Waals surface area contributed by atoms with E-state index in [4.69, 9.17) is 10.5 Å². The predicted octanol–water partition coefficient (Wildman–Crippen LogP) is 1.85. The summed E-state index contributed by atoms with van der Waals surface area (Å²) in [6.45, 7) is 1.77. The zero-order valence-corrected chi connectivity index (χ0v) is 11.4. The van der Waals surface area contributed by atoms with E-state index in [2.05, 4.69) is 5.10 Å². The molecule has 0 unspecified atom stereocenters. The predicted molar refractivity (Wildman–Crippen MR) is 72.7 cm³/mol. The van der Waals surface area contributed by atoms with Gasteiger partial charge in [-0.2, -0.15) is 5.10 Å². The molecule has 2 N–H and O–H groups in total. The first-order chi connectivity index (χ1) is 9.47. The standard InChI is InChI=1S/C14H16FN3O2/c1-9-12(15)5-11(6-13(9)16)14(19)20-4-3-10-7-17-18(2)8-10/h5-8H,3-4,16H2,1-2H3. The number of carbonyl (C=O) groups excluding carboxylic acids is 1. The van der Waals surface area contributed by atoms with Gasteiger partial charge in [-0.3, -0.25) is 4.68 Å². The molecule has 106 valence electrons. The lowest BCUT2D eigenvalue weighted by Gasteiger charge is -2.07. The van der Waals surface area contributed by atoms with Crippen molar-refractivity contribution in [3.8, 4) is 0 Å². The van der Waals surface area contributed by atoms with Crippen LogP contribution >= 0.6 is 0 Å². The van der Waals surface area contributed by atoms with E-state index in [1.165, 1.54) is 6.07 Å². The van der Waals surface area contributed by atoms with Gasteiger partial charge in [0.1, 0.15) is 5.82 Å². The number of hydrogen-bond acceptors (Lipinski definition) is 4. The molecule has 1 aromatic carbocycles. The van der Waals surface area contributed by atoms with Gasteiger partial charge in [-0.25, -0.2) is 9.18 Å². The number of aryl methyl sites for hydroxylation is 1. The number of esters is 1. The van der Waals surface area contributed by atoms with Crippen molar-refractivity contribution in [1.29, 1.82) is 0 Å². The highest BCUT2D eigenvalue weighted by Gasteiger charge is 2.12. The Labute approximate surface area is 116 Å². The number of rotatable bonds is 4. The molecule has 1 heterocycles. The number of hydrogen-bond donors (Lipinski definition) is 1. The Kier molecular flexibility index (Phi) is 4.02. The van der Waals surface area contributed by atoms with Crippen LogP contribution in [0.3, 0.4) is 0 Å². The van der Waals surface area contributed by atoms with E-state index in [1.807, 2.05) is 13.2 Å². The molecule has 0 aliphatic carbocycles. The lowest BCUT2D eigenvalue weighted by atomic mass is 10.1. The topological polar surface area (TPSA) is 70.1 Å². The third-order valence-electron chi connectivity index (χ3n) is 3.00. The highest BCUT2D eigenvalue weighted by atomic mass is 19.1. The maximum Gasteiger partial charge on any atom is 0.338 e. The molecule has 6 heteroatoms. The third-order valence-corrected chi connectivity index (χ3v) is 3.00. The molecular formula is C14H16FN3O2. The number of halogens is 1. The van der Waals surface area contributed by atoms with Crippen molar-refractivity contribution >= 4 is 11.7 Å². The largest absolute Gasteiger partial charge is 0.462 e. The number of nitrogen functional groups attached to an aromatic ring is 1. The fourth-order valence-corrected chi connectivity index (χ4v) is 1.76. The van der Waals surface area contributed by atoms with Crippen LogP contribution in [-0.2, 0) is 18.2 Å². The monoisotopic (exact) mass is 277 g/mol. The first-order valence-electron chi connectivity index (χ1n) is 6.17. The van der Waals surface area contributed by atoms with Gasteiger partial charge in [0.05, 0.1) is 18.4 Å². The molecule has 0 atom stereocenters. The summed E-state index contributed by atoms with van der Waals surface area (Å²) in [6.07, 6.45) is 4.11. The van der Waals surface area contributed by atoms with E-state index in [0.717, 1.165) is 11.6 Å². The minimum atomic E-state index is -0.584. The van der Waals surface area contributed by atoms with E-state index < -0.39 is 11.8 Å². The van der Waals surface area contributed by atoms with Crippen molar-refractivity contribution in [2.75, 3.05) is 12.3 Å². The van der Waals surface area contributed by atoms with Gasteiger partial charge in [0.15, 0.2) is 0 Å². The second-order valence-electron chi connectivity index (χ2n) is 4.58. The first-order valence-corrected chi connectivity index (χ1v) is 6.17. The number of anilines is 1. The van der Waals surface area contributed by atoms with Crippen molar-refractivity contribution in [2.24, 2.45) is 7.05 Å². The summed E-state index contributed by atoms with van der Waals surface area (Å²) in [6, 6.07) is 2.56. The van der Waals surface area contributed by atoms with Gasteiger partial charge in [-0.1, -0.05) is 0 Å². The second-order valence-corrected chi connectivity index (χ2v) is 4.58. The maximum absolute atomic E-state index is 13.5. The summed E-state index contributed by atoms with van der Waals surface area (Å²) in [4.78, 5) is 11.8. The van der Waals surface area contributed by atoms with Crippen LogP contribution in [0, 0.1) is 12.7 Å². The summed E-state index contributed by atoms with van der Waals surface area (Å²) >= 11 is 0. The second kappa shape index (κ2) is 5.73. The SMILES string of the molecule is Cc1c(N)cc(C(=O)OCCc2cnn(C)c2)cc1F. The molecule has 0 saturated carbocycles. The summed E-state index contributed by atoms with van der Waals surface area (Å²) < 4.78 is 20.3. The van der Waals surface area contributed by atoms with E-state index >= 15 is 0 Å². The van der Waals surface area contributed by atoms with Crippen LogP contribution < -0.4 is 5.73 Å². The molecule has 0 radical (unpaired) electrons. The summed E-state index contributed by atoms with van der Waals surface area (Å²) in [5, 5.41) is 4.02. The molecule has 20 heavy (non-hydrogen) atoms. The molecule has 0 spiro atoms. The minimum absolute atomic E-state index is 0.122. The van der Waals surface area contributed by atoms with Gasteiger partial charge in [-0.15, -0.1) is 0 Å². The van der Waals surface area contributed by atoms with E-state index in [9.17, 15) is 9.18 Å². The Bertz CT molecular complexity index is 614. The molecule has 5 nitrogen and oxygen atoms in total. The Morgan fingerprint density at radius 1 is 1.50 bits per heavy atom. The van der Waals surface area contributed by atoms with Crippen molar-refractivity contribution in [3.63, 3.8) is 0 Å². The highest BCUT2D eigenvalue weighted by molar-refractivity contribution is 5.90. The molecule has 0 saturated heterocycles. The Morgan fingerprint density at radius 2 is 2.25 bits per heavy atom. The normalized spacial score (nSPS) is 10.6. The van der Waals surface area contributed by atoms with Gasteiger partial charge in [-0.05, 0) is 24.6 Å². The zero-order valence-electron chi connectivity index (χ0n) is 11.4. The van der Waals surface area contributed by atoms with Crippen molar-refractivity contribution in [1.82, 2.24) is 9.78 Å². The summed E-state index contributed by atoms with van der Waals surface area (Å²) in [5.41, 5.74) is 7.28. The van der Waals surface area contributed by atoms with Crippen molar-refractivity contribution in [2.45, 2.75) is 13.3 Å². The number of nitrogens with zero attached hydrogens (tertiary/aromatic N) is 2. The van der Waals surface area contributed by atoms with Crippen LogP contribution in [0.5, 0.6) is 0 Å². The van der Waals surface area contributed by atoms with E-state index in [0.29, 0.717) is 12.0 Å². The maximum atomic E-state index is 13.5. The zero-order chi connectivity index (χ0) is 14.7. The number of nitrogens with two attached hydrogens (primary N) is 1. The van der Waals surface area contributed by atoms with Gasteiger partial charge in [0, 0.05) is 30.9 Å². The lowest BCUT2D eigenvalue weighted by Crippen LogP contribution is -2.09. The number of aromatic nitrogens is 2. The summed E-state index contributed by atoms with van der Waals surface area (Å²) in [7, 11) is 1.81. The molecule has 0 bridgehead atoms. The molecule has 2 rings (SSSR count). The van der Waals surface area contributed by atoms with Crippen molar-refractivity contribution in [3.05, 3.63) is 47.0 Å². The van der Waals surface area contributed by atoms with Crippen LogP contribution in [0.15, 0.2) is 24.5 Å². The molecule has 0 aliphatic rings. The Balaban J connectivity index is 1.95. The average Bonchev–Trinajstić information content (AvgIpc) is 2.81. The van der Waals surface area contributed by atoms with Crippen molar-refractivity contribution < 1.29 is 13.9 Å². The van der Waals surface area contributed by atoms with Gasteiger partial charge >= 0.3 is 5.97 Å². The molecule has 0 amide bonds. The smallest absolute Gasteiger partial charge is 0.338 e. The van der Waals surface area contributed by atoms with E-state index in [1.54, 1.807) is 17.8 Å². The lowest BCUT2D eigenvalue weighted by molar-refractivity contribution is 0.0509. The first kappa shape index (κ1) is 14.0. The minimum Gasteiger partial charge on any atom is -0.462 e. The van der Waals surface area contributed by atoms with Crippen LogP contribution in [0.25, 0.3) is 0 Å². The van der Waals surface area contributed by atoms with Gasteiger partial charge < -0.3 is 10.5 Å². The van der Waals surface area contributed by atoms with Crippen LogP contribution in [-0.4, -0.2) is 22.4 Å². The molecule has 2 aromatic rings. The fourth-order valence-electron chi connectivity index (χ4n) is 1.76.